The lowest BCUT2D eigenvalue weighted by molar-refractivity contribution is 0.255. The van der Waals surface area contributed by atoms with E-state index < -0.39 is 0 Å². The Hall–Kier alpha value is -0.340. The summed E-state index contributed by atoms with van der Waals surface area (Å²) in [6, 6.07) is 2.44. The van der Waals surface area contributed by atoms with Gasteiger partial charge in [0.1, 0.15) is 0 Å². The highest BCUT2D eigenvalue weighted by molar-refractivity contribution is 4.99. The zero-order chi connectivity index (χ0) is 10.8. The Labute approximate surface area is 93.7 Å². The zero-order valence-electron chi connectivity index (χ0n) is 10.3. The standard InChI is InChI=1S/C13H24N2/c1-10(2)6-7-14-12-8-11(3)15(9-12)13-4-5-13/h6,11-14H,4-5,7-9H2,1-3H3. The quantitative estimate of drug-likeness (QED) is 0.712. The molecule has 2 aliphatic rings. The van der Waals surface area contributed by atoms with Gasteiger partial charge in [-0.15, -0.1) is 0 Å². The molecule has 0 spiro atoms. The van der Waals surface area contributed by atoms with E-state index in [1.165, 1.54) is 31.4 Å². The van der Waals surface area contributed by atoms with Crippen molar-refractivity contribution in [1.29, 1.82) is 0 Å². The monoisotopic (exact) mass is 208 g/mol. The topological polar surface area (TPSA) is 15.3 Å². The fourth-order valence-electron chi connectivity index (χ4n) is 2.55. The molecule has 1 aliphatic heterocycles. The highest BCUT2D eigenvalue weighted by atomic mass is 15.3. The van der Waals surface area contributed by atoms with Crippen molar-refractivity contribution in [2.24, 2.45) is 0 Å². The summed E-state index contributed by atoms with van der Waals surface area (Å²) in [5, 5.41) is 3.64. The van der Waals surface area contributed by atoms with Crippen LogP contribution in [0.2, 0.25) is 0 Å². The summed E-state index contributed by atoms with van der Waals surface area (Å²) in [5.74, 6) is 0. The first-order valence-electron chi connectivity index (χ1n) is 6.29. The Morgan fingerprint density at radius 2 is 2.13 bits per heavy atom. The van der Waals surface area contributed by atoms with Crippen LogP contribution in [0.25, 0.3) is 0 Å². The second kappa shape index (κ2) is 4.67. The van der Waals surface area contributed by atoms with E-state index in [-0.39, 0.29) is 0 Å². The summed E-state index contributed by atoms with van der Waals surface area (Å²) < 4.78 is 0. The maximum atomic E-state index is 3.64. The second-order valence-electron chi connectivity index (χ2n) is 5.40. The molecular formula is C13H24N2. The number of hydrogen-bond acceptors (Lipinski definition) is 2. The normalized spacial score (nSPS) is 31.9. The number of allylic oxidation sites excluding steroid dienone is 1. The lowest BCUT2D eigenvalue weighted by atomic mass is 10.2. The lowest BCUT2D eigenvalue weighted by Crippen LogP contribution is -2.34. The molecule has 2 nitrogen and oxygen atoms in total. The van der Waals surface area contributed by atoms with Crippen molar-refractivity contribution in [2.45, 2.75) is 58.2 Å². The number of hydrogen-bond donors (Lipinski definition) is 1. The molecule has 1 aliphatic carbocycles. The first-order valence-corrected chi connectivity index (χ1v) is 6.29. The summed E-state index contributed by atoms with van der Waals surface area (Å²) in [5.41, 5.74) is 1.41. The van der Waals surface area contributed by atoms with Gasteiger partial charge in [-0.2, -0.15) is 0 Å². The number of likely N-dealkylation sites (tertiary alicyclic amines) is 1. The van der Waals surface area contributed by atoms with E-state index in [0.29, 0.717) is 0 Å². The zero-order valence-corrected chi connectivity index (χ0v) is 10.3. The Balaban J connectivity index is 1.73. The van der Waals surface area contributed by atoms with Crippen molar-refractivity contribution < 1.29 is 0 Å². The third-order valence-corrected chi connectivity index (χ3v) is 3.56. The fraction of sp³-hybridized carbons (Fsp3) is 0.846. The molecule has 2 heteroatoms. The molecule has 2 unspecified atom stereocenters. The Morgan fingerprint density at radius 1 is 1.40 bits per heavy atom. The van der Waals surface area contributed by atoms with Gasteiger partial charge in [0.15, 0.2) is 0 Å². The molecular weight excluding hydrogens is 184 g/mol. The predicted molar refractivity (Wildman–Crippen MR) is 65.0 cm³/mol. The largest absolute Gasteiger partial charge is 0.309 e. The van der Waals surface area contributed by atoms with Crippen LogP contribution in [0.1, 0.15) is 40.0 Å². The second-order valence-corrected chi connectivity index (χ2v) is 5.40. The molecule has 1 saturated heterocycles. The van der Waals surface area contributed by atoms with Crippen LogP contribution in [0.3, 0.4) is 0 Å². The van der Waals surface area contributed by atoms with Gasteiger partial charge in [-0.05, 0) is 40.0 Å². The molecule has 0 aromatic carbocycles. The van der Waals surface area contributed by atoms with Crippen molar-refractivity contribution in [3.05, 3.63) is 11.6 Å². The molecule has 1 N–H and O–H groups in total. The molecule has 15 heavy (non-hydrogen) atoms. The van der Waals surface area contributed by atoms with Gasteiger partial charge in [0.2, 0.25) is 0 Å². The van der Waals surface area contributed by atoms with E-state index in [9.17, 15) is 0 Å². The van der Waals surface area contributed by atoms with E-state index in [2.05, 4.69) is 37.1 Å². The van der Waals surface area contributed by atoms with Crippen molar-refractivity contribution in [1.82, 2.24) is 10.2 Å². The van der Waals surface area contributed by atoms with Gasteiger partial charge >= 0.3 is 0 Å². The van der Waals surface area contributed by atoms with Crippen molar-refractivity contribution in [3.8, 4) is 0 Å². The van der Waals surface area contributed by atoms with E-state index >= 15 is 0 Å². The highest BCUT2D eigenvalue weighted by Crippen LogP contribution is 2.33. The highest BCUT2D eigenvalue weighted by Gasteiger charge is 2.38. The van der Waals surface area contributed by atoms with Gasteiger partial charge in [-0.1, -0.05) is 11.6 Å². The molecule has 2 fully saturated rings. The van der Waals surface area contributed by atoms with Gasteiger partial charge in [0, 0.05) is 31.2 Å². The smallest absolute Gasteiger partial charge is 0.0212 e. The van der Waals surface area contributed by atoms with Crippen LogP contribution in [0.15, 0.2) is 11.6 Å². The number of nitrogens with zero attached hydrogens (tertiary/aromatic N) is 1. The van der Waals surface area contributed by atoms with Gasteiger partial charge in [0.05, 0.1) is 0 Å². The molecule has 0 radical (unpaired) electrons. The summed E-state index contributed by atoms with van der Waals surface area (Å²) in [6.07, 6.45) is 6.48. The van der Waals surface area contributed by atoms with E-state index in [1.807, 2.05) is 0 Å². The minimum Gasteiger partial charge on any atom is -0.309 e. The van der Waals surface area contributed by atoms with E-state index in [0.717, 1.165) is 24.7 Å². The first-order chi connectivity index (χ1) is 7.16. The van der Waals surface area contributed by atoms with Gasteiger partial charge < -0.3 is 5.32 Å². The average Bonchev–Trinajstić information content (AvgIpc) is 2.91. The van der Waals surface area contributed by atoms with Gasteiger partial charge in [-0.25, -0.2) is 0 Å². The molecule has 1 saturated carbocycles. The van der Waals surface area contributed by atoms with Crippen molar-refractivity contribution in [3.63, 3.8) is 0 Å². The molecule has 2 atom stereocenters. The Kier molecular flexibility index (Phi) is 3.47. The summed E-state index contributed by atoms with van der Waals surface area (Å²) in [6.45, 7) is 9.01. The molecule has 0 amide bonds. The summed E-state index contributed by atoms with van der Waals surface area (Å²) in [7, 11) is 0. The van der Waals surface area contributed by atoms with Crippen LogP contribution in [0, 0.1) is 0 Å². The van der Waals surface area contributed by atoms with Crippen LogP contribution in [0.4, 0.5) is 0 Å². The predicted octanol–water partition coefficient (Wildman–Crippen LogP) is 2.17. The minimum atomic E-state index is 0.719. The minimum absolute atomic E-state index is 0.719. The first kappa shape index (κ1) is 11.2. The molecule has 1 heterocycles. The Bertz CT molecular complexity index is 239. The number of nitrogens with one attached hydrogen (secondary N) is 1. The van der Waals surface area contributed by atoms with Crippen LogP contribution in [-0.4, -0.2) is 36.1 Å². The average molecular weight is 208 g/mol. The molecule has 0 aromatic rings. The summed E-state index contributed by atoms with van der Waals surface area (Å²) >= 11 is 0. The third kappa shape index (κ3) is 3.05. The maximum absolute atomic E-state index is 3.64. The van der Waals surface area contributed by atoms with Crippen LogP contribution in [0.5, 0.6) is 0 Å². The SMILES string of the molecule is CC(C)=CCNC1CC(C)N(C2CC2)C1. The molecule has 86 valence electrons. The van der Waals surface area contributed by atoms with E-state index in [4.69, 9.17) is 0 Å². The van der Waals surface area contributed by atoms with Crippen molar-refractivity contribution >= 4 is 0 Å². The summed E-state index contributed by atoms with van der Waals surface area (Å²) in [4.78, 5) is 2.69. The molecule has 2 rings (SSSR count). The van der Waals surface area contributed by atoms with Crippen molar-refractivity contribution in [2.75, 3.05) is 13.1 Å². The Morgan fingerprint density at radius 3 is 2.73 bits per heavy atom. The van der Waals surface area contributed by atoms with E-state index in [1.54, 1.807) is 0 Å². The van der Waals surface area contributed by atoms with Crippen LogP contribution >= 0.6 is 0 Å². The number of rotatable bonds is 4. The van der Waals surface area contributed by atoms with Crippen LogP contribution in [-0.2, 0) is 0 Å². The fourth-order valence-corrected chi connectivity index (χ4v) is 2.55. The maximum Gasteiger partial charge on any atom is 0.0212 e. The lowest BCUT2D eigenvalue weighted by Gasteiger charge is -2.19. The molecule has 0 bridgehead atoms. The van der Waals surface area contributed by atoms with Crippen LogP contribution < -0.4 is 5.32 Å². The molecule has 0 aromatic heterocycles. The van der Waals surface area contributed by atoms with Gasteiger partial charge in [0.25, 0.3) is 0 Å². The third-order valence-electron chi connectivity index (χ3n) is 3.56. The van der Waals surface area contributed by atoms with Gasteiger partial charge in [-0.3, -0.25) is 4.90 Å².